The van der Waals surface area contributed by atoms with Crippen molar-refractivity contribution in [3.63, 3.8) is 0 Å². The molecule has 1 aromatic rings. The highest BCUT2D eigenvalue weighted by atomic mass is 16.5. The van der Waals surface area contributed by atoms with Crippen LogP contribution in [0.4, 0.5) is 5.69 Å². The zero-order valence-electron chi connectivity index (χ0n) is 12.9. The third kappa shape index (κ3) is 3.82. The average molecular weight is 292 g/mol. The Bertz CT molecular complexity index is 488. The van der Waals surface area contributed by atoms with E-state index in [0.717, 1.165) is 0 Å². The van der Waals surface area contributed by atoms with Gasteiger partial charge in [-0.3, -0.25) is 4.79 Å². The van der Waals surface area contributed by atoms with Gasteiger partial charge in [0.2, 0.25) is 5.91 Å². The standard InChI is InChI=1S/C16H24N2O3/c1-4-16(5-2,11-17)15(20)18-13-10-8-7-9-12(13)14(19)21-6-3/h7-10H,4-6,11,17H2,1-3H3,(H,18,20). The summed E-state index contributed by atoms with van der Waals surface area (Å²) in [6.45, 7) is 6.18. The predicted molar refractivity (Wildman–Crippen MR) is 83.1 cm³/mol. The molecule has 0 aliphatic rings. The van der Waals surface area contributed by atoms with Gasteiger partial charge in [-0.15, -0.1) is 0 Å². The van der Waals surface area contributed by atoms with Crippen LogP contribution in [0.1, 0.15) is 44.0 Å². The van der Waals surface area contributed by atoms with Crippen molar-refractivity contribution in [2.24, 2.45) is 11.1 Å². The number of rotatable bonds is 7. The Morgan fingerprint density at radius 2 is 1.81 bits per heavy atom. The molecule has 0 atom stereocenters. The number of ether oxygens (including phenoxy) is 1. The highest BCUT2D eigenvalue weighted by molar-refractivity contribution is 6.03. The monoisotopic (exact) mass is 292 g/mol. The van der Waals surface area contributed by atoms with Gasteiger partial charge in [0.05, 0.1) is 23.3 Å². The maximum absolute atomic E-state index is 12.5. The highest BCUT2D eigenvalue weighted by Gasteiger charge is 2.33. The molecular weight excluding hydrogens is 268 g/mol. The van der Waals surface area contributed by atoms with E-state index in [-0.39, 0.29) is 19.1 Å². The van der Waals surface area contributed by atoms with E-state index >= 15 is 0 Å². The SMILES string of the molecule is CCOC(=O)c1ccccc1NC(=O)C(CC)(CC)CN. The minimum absolute atomic E-state index is 0.160. The Kier molecular flexibility index (Phi) is 6.37. The van der Waals surface area contributed by atoms with Crippen molar-refractivity contribution < 1.29 is 14.3 Å². The van der Waals surface area contributed by atoms with Crippen LogP contribution in [-0.2, 0) is 9.53 Å². The number of nitrogens with two attached hydrogens (primary N) is 1. The summed E-state index contributed by atoms with van der Waals surface area (Å²) in [4.78, 5) is 24.4. The van der Waals surface area contributed by atoms with Crippen molar-refractivity contribution >= 4 is 17.6 Å². The maximum Gasteiger partial charge on any atom is 0.340 e. The smallest absolute Gasteiger partial charge is 0.340 e. The van der Waals surface area contributed by atoms with Crippen LogP contribution in [0.5, 0.6) is 0 Å². The van der Waals surface area contributed by atoms with Gasteiger partial charge >= 0.3 is 5.97 Å². The molecule has 1 amide bonds. The van der Waals surface area contributed by atoms with Crippen molar-refractivity contribution in [2.45, 2.75) is 33.6 Å². The summed E-state index contributed by atoms with van der Waals surface area (Å²) >= 11 is 0. The molecule has 5 heteroatoms. The second kappa shape index (κ2) is 7.78. The van der Waals surface area contributed by atoms with Crippen LogP contribution in [0.2, 0.25) is 0 Å². The summed E-state index contributed by atoms with van der Waals surface area (Å²) in [7, 11) is 0. The molecule has 0 spiro atoms. The van der Waals surface area contributed by atoms with E-state index in [2.05, 4.69) is 5.32 Å². The molecule has 0 aliphatic heterocycles. The van der Waals surface area contributed by atoms with E-state index < -0.39 is 11.4 Å². The molecule has 0 fully saturated rings. The van der Waals surface area contributed by atoms with Gasteiger partial charge in [-0.2, -0.15) is 0 Å². The molecule has 5 nitrogen and oxygen atoms in total. The van der Waals surface area contributed by atoms with Crippen LogP contribution < -0.4 is 11.1 Å². The molecule has 0 aliphatic carbocycles. The fourth-order valence-corrected chi connectivity index (χ4v) is 2.19. The van der Waals surface area contributed by atoms with Gasteiger partial charge in [-0.25, -0.2) is 4.79 Å². The highest BCUT2D eigenvalue weighted by Crippen LogP contribution is 2.28. The van der Waals surface area contributed by atoms with Crippen molar-refractivity contribution in [3.8, 4) is 0 Å². The number of hydrogen-bond donors (Lipinski definition) is 2. The molecule has 0 unspecified atom stereocenters. The molecule has 0 saturated heterocycles. The minimum Gasteiger partial charge on any atom is -0.462 e. The first-order chi connectivity index (χ1) is 10.0. The van der Waals surface area contributed by atoms with Crippen molar-refractivity contribution in [3.05, 3.63) is 29.8 Å². The first kappa shape index (κ1) is 17.2. The second-order valence-electron chi connectivity index (χ2n) is 4.91. The van der Waals surface area contributed by atoms with E-state index in [9.17, 15) is 9.59 Å². The fraction of sp³-hybridized carbons (Fsp3) is 0.500. The van der Waals surface area contributed by atoms with Gasteiger partial charge in [-0.1, -0.05) is 26.0 Å². The zero-order chi connectivity index (χ0) is 15.9. The fourth-order valence-electron chi connectivity index (χ4n) is 2.19. The number of amides is 1. The van der Waals surface area contributed by atoms with Crippen LogP contribution in [0.25, 0.3) is 0 Å². The third-order valence-electron chi connectivity index (χ3n) is 3.90. The van der Waals surface area contributed by atoms with E-state index in [1.165, 1.54) is 0 Å². The summed E-state index contributed by atoms with van der Waals surface area (Å²) in [6.07, 6.45) is 1.29. The lowest BCUT2D eigenvalue weighted by molar-refractivity contribution is -0.125. The van der Waals surface area contributed by atoms with Gasteiger partial charge in [-0.05, 0) is 31.9 Å². The van der Waals surface area contributed by atoms with E-state index in [0.29, 0.717) is 24.1 Å². The molecule has 0 bridgehead atoms. The lowest BCUT2D eigenvalue weighted by Gasteiger charge is -2.28. The first-order valence-electron chi connectivity index (χ1n) is 7.32. The molecular formula is C16H24N2O3. The summed E-state index contributed by atoms with van der Waals surface area (Å²) < 4.78 is 5.00. The number of nitrogens with one attached hydrogen (secondary N) is 1. The number of anilines is 1. The van der Waals surface area contributed by atoms with Gasteiger partial charge in [0.15, 0.2) is 0 Å². The Morgan fingerprint density at radius 1 is 1.19 bits per heavy atom. The molecule has 0 radical (unpaired) electrons. The Balaban J connectivity index is 3.03. The predicted octanol–water partition coefficient (Wildman–Crippen LogP) is 2.57. The molecule has 1 aromatic carbocycles. The zero-order valence-corrected chi connectivity index (χ0v) is 12.9. The molecule has 3 N–H and O–H groups in total. The number of hydrogen-bond acceptors (Lipinski definition) is 4. The van der Waals surface area contributed by atoms with E-state index in [1.807, 2.05) is 13.8 Å². The van der Waals surface area contributed by atoms with Crippen LogP contribution in [0, 0.1) is 5.41 Å². The minimum atomic E-state index is -0.609. The van der Waals surface area contributed by atoms with Crippen LogP contribution in [-0.4, -0.2) is 25.0 Å². The van der Waals surface area contributed by atoms with E-state index in [1.54, 1.807) is 31.2 Å². The second-order valence-corrected chi connectivity index (χ2v) is 4.91. The number of carbonyl (C=O) groups is 2. The average Bonchev–Trinajstić information content (AvgIpc) is 2.50. The summed E-state index contributed by atoms with van der Waals surface area (Å²) in [5, 5.41) is 2.82. The number of carbonyl (C=O) groups excluding carboxylic acids is 2. The quantitative estimate of drug-likeness (QED) is 0.757. The van der Waals surface area contributed by atoms with E-state index in [4.69, 9.17) is 10.5 Å². The van der Waals surface area contributed by atoms with Crippen molar-refractivity contribution in [1.29, 1.82) is 0 Å². The van der Waals surface area contributed by atoms with Crippen LogP contribution in [0.3, 0.4) is 0 Å². The molecule has 0 heterocycles. The van der Waals surface area contributed by atoms with Gasteiger partial charge in [0.1, 0.15) is 0 Å². The van der Waals surface area contributed by atoms with Crippen LogP contribution >= 0.6 is 0 Å². The number of esters is 1. The van der Waals surface area contributed by atoms with Gasteiger partial charge < -0.3 is 15.8 Å². The lowest BCUT2D eigenvalue weighted by atomic mass is 9.81. The Labute approximate surface area is 125 Å². The number of para-hydroxylation sites is 1. The van der Waals surface area contributed by atoms with Crippen LogP contribution in [0.15, 0.2) is 24.3 Å². The summed E-state index contributed by atoms with van der Waals surface area (Å²) in [5.74, 6) is -0.605. The van der Waals surface area contributed by atoms with Gasteiger partial charge in [0, 0.05) is 6.54 Å². The summed E-state index contributed by atoms with van der Waals surface area (Å²) in [5.41, 5.74) is 5.98. The molecule has 21 heavy (non-hydrogen) atoms. The Morgan fingerprint density at radius 3 is 2.33 bits per heavy atom. The molecule has 0 aromatic heterocycles. The number of benzene rings is 1. The largest absolute Gasteiger partial charge is 0.462 e. The third-order valence-corrected chi connectivity index (χ3v) is 3.90. The molecule has 116 valence electrons. The normalized spacial score (nSPS) is 11.0. The molecule has 0 saturated carbocycles. The van der Waals surface area contributed by atoms with Crippen molar-refractivity contribution in [1.82, 2.24) is 0 Å². The molecule has 1 rings (SSSR count). The Hall–Kier alpha value is -1.88. The topological polar surface area (TPSA) is 81.4 Å². The lowest BCUT2D eigenvalue weighted by Crippen LogP contribution is -2.41. The van der Waals surface area contributed by atoms with Crippen molar-refractivity contribution in [2.75, 3.05) is 18.5 Å². The van der Waals surface area contributed by atoms with Gasteiger partial charge in [0.25, 0.3) is 0 Å². The first-order valence-corrected chi connectivity index (χ1v) is 7.32. The maximum atomic E-state index is 12.5. The summed E-state index contributed by atoms with van der Waals surface area (Å²) in [6, 6.07) is 6.82.